The molecule has 2 rings (SSSR count). The van der Waals surface area contributed by atoms with Crippen LogP contribution in [0.4, 0.5) is 11.4 Å². The third kappa shape index (κ3) is 3.25. The lowest BCUT2D eigenvalue weighted by atomic mass is 10.1. The SMILES string of the molecule is CC(NCc1ccc([N+](=O)[O-])cc1[N+](=O)[O-])C1CC1. The smallest absolute Gasteiger partial charge is 0.280 e. The molecular formula is C12H15N3O4. The lowest BCUT2D eigenvalue weighted by Crippen LogP contribution is -2.27. The van der Waals surface area contributed by atoms with Crippen LogP contribution in [0.5, 0.6) is 0 Å². The Morgan fingerprint density at radius 1 is 1.32 bits per heavy atom. The van der Waals surface area contributed by atoms with E-state index in [4.69, 9.17) is 0 Å². The lowest BCUT2D eigenvalue weighted by Gasteiger charge is -2.12. The van der Waals surface area contributed by atoms with E-state index in [-0.39, 0.29) is 11.4 Å². The predicted octanol–water partition coefficient (Wildman–Crippen LogP) is 2.39. The summed E-state index contributed by atoms with van der Waals surface area (Å²) in [5.74, 6) is 0.650. The van der Waals surface area contributed by atoms with Crippen LogP contribution in [-0.4, -0.2) is 15.9 Å². The van der Waals surface area contributed by atoms with Crippen molar-refractivity contribution in [3.05, 3.63) is 44.0 Å². The molecule has 1 fully saturated rings. The Balaban J connectivity index is 2.13. The van der Waals surface area contributed by atoms with Crippen LogP contribution in [0.1, 0.15) is 25.3 Å². The van der Waals surface area contributed by atoms with E-state index >= 15 is 0 Å². The largest absolute Gasteiger partial charge is 0.310 e. The first-order valence-corrected chi connectivity index (χ1v) is 6.14. The third-order valence-electron chi connectivity index (χ3n) is 3.42. The van der Waals surface area contributed by atoms with Crippen molar-refractivity contribution in [1.82, 2.24) is 5.32 Å². The van der Waals surface area contributed by atoms with Crippen LogP contribution >= 0.6 is 0 Å². The topological polar surface area (TPSA) is 98.3 Å². The molecule has 102 valence electrons. The van der Waals surface area contributed by atoms with E-state index in [0.29, 0.717) is 24.1 Å². The Bertz CT molecular complexity index is 514. The van der Waals surface area contributed by atoms with Crippen molar-refractivity contribution >= 4 is 11.4 Å². The summed E-state index contributed by atoms with van der Waals surface area (Å²) in [5.41, 5.74) is 0.0125. The van der Waals surface area contributed by atoms with Gasteiger partial charge in [0.1, 0.15) is 0 Å². The summed E-state index contributed by atoms with van der Waals surface area (Å²) in [6, 6.07) is 4.07. The van der Waals surface area contributed by atoms with Gasteiger partial charge in [-0.05, 0) is 31.7 Å². The normalized spacial score (nSPS) is 16.1. The van der Waals surface area contributed by atoms with Gasteiger partial charge < -0.3 is 5.32 Å². The average Bonchev–Trinajstić information content (AvgIpc) is 3.19. The summed E-state index contributed by atoms with van der Waals surface area (Å²) in [6.45, 7) is 2.40. The number of nitro groups is 2. The molecule has 1 N–H and O–H groups in total. The summed E-state index contributed by atoms with van der Waals surface area (Å²) in [5, 5.41) is 24.8. The van der Waals surface area contributed by atoms with Gasteiger partial charge in [-0.25, -0.2) is 0 Å². The Kier molecular flexibility index (Phi) is 3.75. The lowest BCUT2D eigenvalue weighted by molar-refractivity contribution is -0.394. The van der Waals surface area contributed by atoms with Gasteiger partial charge in [0.2, 0.25) is 0 Å². The maximum atomic E-state index is 10.9. The number of nitrogens with one attached hydrogen (secondary N) is 1. The van der Waals surface area contributed by atoms with Gasteiger partial charge in [0.05, 0.1) is 15.9 Å². The van der Waals surface area contributed by atoms with Gasteiger partial charge in [0.25, 0.3) is 11.4 Å². The molecule has 1 aromatic carbocycles. The Hall–Kier alpha value is -2.02. The molecule has 1 aliphatic carbocycles. The van der Waals surface area contributed by atoms with Gasteiger partial charge >= 0.3 is 0 Å². The fourth-order valence-electron chi connectivity index (χ4n) is 2.02. The van der Waals surface area contributed by atoms with E-state index in [1.54, 1.807) is 0 Å². The summed E-state index contributed by atoms with van der Waals surface area (Å²) in [7, 11) is 0. The minimum Gasteiger partial charge on any atom is -0.310 e. The van der Waals surface area contributed by atoms with E-state index in [1.807, 2.05) is 0 Å². The number of hydrogen-bond acceptors (Lipinski definition) is 5. The highest BCUT2D eigenvalue weighted by Gasteiger charge is 2.28. The first-order chi connectivity index (χ1) is 8.99. The molecule has 1 atom stereocenters. The molecule has 7 nitrogen and oxygen atoms in total. The molecule has 0 saturated heterocycles. The van der Waals surface area contributed by atoms with E-state index < -0.39 is 9.85 Å². The zero-order valence-corrected chi connectivity index (χ0v) is 10.5. The molecule has 0 aromatic heterocycles. The minimum atomic E-state index is -0.628. The number of rotatable bonds is 6. The van der Waals surface area contributed by atoms with E-state index in [2.05, 4.69) is 12.2 Å². The molecular weight excluding hydrogens is 250 g/mol. The van der Waals surface area contributed by atoms with Crippen LogP contribution in [0.25, 0.3) is 0 Å². The summed E-state index contributed by atoms with van der Waals surface area (Å²) in [6.07, 6.45) is 2.38. The quantitative estimate of drug-likeness (QED) is 0.629. The van der Waals surface area contributed by atoms with E-state index in [1.165, 1.54) is 25.0 Å². The van der Waals surface area contributed by atoms with Crippen molar-refractivity contribution in [1.29, 1.82) is 0 Å². The Labute approximate surface area is 109 Å². The number of hydrogen-bond donors (Lipinski definition) is 1. The average molecular weight is 265 g/mol. The summed E-state index contributed by atoms with van der Waals surface area (Å²) in [4.78, 5) is 20.4. The van der Waals surface area contributed by atoms with Crippen molar-refractivity contribution in [3.8, 4) is 0 Å². The van der Waals surface area contributed by atoms with Gasteiger partial charge in [-0.1, -0.05) is 0 Å². The highest BCUT2D eigenvalue weighted by Crippen LogP contribution is 2.32. The van der Waals surface area contributed by atoms with Crippen LogP contribution in [0.2, 0.25) is 0 Å². The molecule has 0 bridgehead atoms. The summed E-state index contributed by atoms with van der Waals surface area (Å²) >= 11 is 0. The molecule has 1 aliphatic rings. The van der Waals surface area contributed by atoms with E-state index in [9.17, 15) is 20.2 Å². The molecule has 1 unspecified atom stereocenters. The molecule has 0 radical (unpaired) electrons. The number of non-ortho nitro benzene ring substituents is 1. The zero-order valence-electron chi connectivity index (χ0n) is 10.5. The van der Waals surface area contributed by atoms with Crippen LogP contribution in [-0.2, 0) is 6.54 Å². The second-order valence-corrected chi connectivity index (χ2v) is 4.83. The predicted molar refractivity (Wildman–Crippen MR) is 68.8 cm³/mol. The number of nitrogens with zero attached hydrogens (tertiary/aromatic N) is 2. The monoisotopic (exact) mass is 265 g/mol. The second kappa shape index (κ2) is 5.31. The van der Waals surface area contributed by atoms with Crippen LogP contribution in [0.15, 0.2) is 18.2 Å². The molecule has 1 aromatic rings. The zero-order chi connectivity index (χ0) is 14.0. The highest BCUT2D eigenvalue weighted by molar-refractivity contribution is 5.49. The minimum absolute atomic E-state index is 0.204. The van der Waals surface area contributed by atoms with Gasteiger partial charge in [0, 0.05) is 24.2 Å². The first kappa shape index (κ1) is 13.4. The van der Waals surface area contributed by atoms with Crippen molar-refractivity contribution < 1.29 is 9.85 Å². The molecule has 1 saturated carbocycles. The fraction of sp³-hybridized carbons (Fsp3) is 0.500. The molecule has 0 spiro atoms. The molecule has 7 heteroatoms. The summed E-state index contributed by atoms with van der Waals surface area (Å²) < 4.78 is 0. The standard InChI is InChI=1S/C12H15N3O4/c1-8(9-2-3-9)13-7-10-4-5-11(14(16)17)6-12(10)15(18)19/h4-6,8-9,13H,2-3,7H2,1H3. The second-order valence-electron chi connectivity index (χ2n) is 4.83. The highest BCUT2D eigenvalue weighted by atomic mass is 16.6. The Morgan fingerprint density at radius 2 is 2.00 bits per heavy atom. The fourth-order valence-corrected chi connectivity index (χ4v) is 2.02. The van der Waals surface area contributed by atoms with Crippen LogP contribution in [0, 0.1) is 26.1 Å². The van der Waals surface area contributed by atoms with Crippen molar-refractivity contribution in [2.45, 2.75) is 32.4 Å². The molecule has 0 heterocycles. The van der Waals surface area contributed by atoms with Gasteiger partial charge in [0.15, 0.2) is 0 Å². The number of benzene rings is 1. The number of nitro benzene ring substituents is 2. The van der Waals surface area contributed by atoms with Crippen LogP contribution < -0.4 is 5.32 Å². The van der Waals surface area contributed by atoms with Crippen molar-refractivity contribution in [3.63, 3.8) is 0 Å². The van der Waals surface area contributed by atoms with Crippen molar-refractivity contribution in [2.75, 3.05) is 0 Å². The first-order valence-electron chi connectivity index (χ1n) is 6.14. The maximum Gasteiger partial charge on any atom is 0.280 e. The van der Waals surface area contributed by atoms with Crippen molar-refractivity contribution in [2.24, 2.45) is 5.92 Å². The molecule has 0 aliphatic heterocycles. The third-order valence-corrected chi connectivity index (χ3v) is 3.42. The van der Waals surface area contributed by atoms with Crippen LogP contribution in [0.3, 0.4) is 0 Å². The van der Waals surface area contributed by atoms with E-state index in [0.717, 1.165) is 6.07 Å². The van der Waals surface area contributed by atoms with Gasteiger partial charge in [-0.15, -0.1) is 0 Å². The Morgan fingerprint density at radius 3 is 2.53 bits per heavy atom. The maximum absolute atomic E-state index is 10.9. The van der Waals surface area contributed by atoms with Gasteiger partial charge in [-0.2, -0.15) is 0 Å². The van der Waals surface area contributed by atoms with Gasteiger partial charge in [-0.3, -0.25) is 20.2 Å². The molecule has 0 amide bonds. The molecule has 19 heavy (non-hydrogen) atoms.